The van der Waals surface area contributed by atoms with Crippen LogP contribution in [-0.4, -0.2) is 62.0 Å². The summed E-state index contributed by atoms with van der Waals surface area (Å²) < 4.78 is 33.2. The molecule has 0 unspecified atom stereocenters. The molecule has 1 fully saturated rings. The molecule has 1 aliphatic rings. The quantitative estimate of drug-likeness (QED) is 0.429. The first-order chi connectivity index (χ1) is 15.0. The third-order valence-electron chi connectivity index (χ3n) is 4.59. The molecule has 1 saturated heterocycles. The van der Waals surface area contributed by atoms with Gasteiger partial charge in [0.1, 0.15) is 12.7 Å². The molecule has 176 valence electrons. The summed E-state index contributed by atoms with van der Waals surface area (Å²) in [6.45, 7) is 4.27. The molecule has 0 spiro atoms. The van der Waals surface area contributed by atoms with Crippen LogP contribution in [0.2, 0.25) is 5.02 Å². The number of esters is 4. The number of ether oxygens (including phenoxy) is 6. The Morgan fingerprint density at radius 1 is 0.875 bits per heavy atom. The van der Waals surface area contributed by atoms with Gasteiger partial charge in [0.05, 0.1) is 0 Å². The molecular weight excluding hydrogens is 448 g/mol. The van der Waals surface area contributed by atoms with Crippen molar-refractivity contribution < 1.29 is 47.6 Å². The molecule has 0 aromatic heterocycles. The Hall–Kier alpha value is -2.69. The van der Waals surface area contributed by atoms with E-state index >= 15 is 0 Å². The van der Waals surface area contributed by atoms with Crippen LogP contribution in [-0.2, 0) is 53.4 Å². The third kappa shape index (κ3) is 5.96. The molecule has 11 heteroatoms. The van der Waals surface area contributed by atoms with E-state index in [2.05, 4.69) is 0 Å². The van der Waals surface area contributed by atoms with E-state index in [1.807, 2.05) is 0 Å². The number of carbonyl (C=O) groups excluding carboxylic acids is 4. The summed E-state index contributed by atoms with van der Waals surface area (Å²) in [5, 5.41) is 0.422. The molecule has 0 N–H and O–H groups in total. The normalized spacial score (nSPS) is 27.2. The van der Waals surface area contributed by atoms with Crippen molar-refractivity contribution in [1.29, 1.82) is 0 Å². The number of methoxy groups -OCH3 is 1. The van der Waals surface area contributed by atoms with Crippen LogP contribution < -0.4 is 0 Å². The summed E-state index contributed by atoms with van der Waals surface area (Å²) in [4.78, 5) is 47.2. The summed E-state index contributed by atoms with van der Waals surface area (Å²) in [7, 11) is 1.30. The highest BCUT2D eigenvalue weighted by atomic mass is 35.5. The molecule has 5 atom stereocenters. The van der Waals surface area contributed by atoms with Crippen molar-refractivity contribution in [3.63, 3.8) is 0 Å². The summed E-state index contributed by atoms with van der Waals surface area (Å²) in [6, 6.07) is 6.27. The predicted molar refractivity (Wildman–Crippen MR) is 108 cm³/mol. The smallest absolute Gasteiger partial charge is 0.303 e. The molecule has 1 aromatic carbocycles. The van der Waals surface area contributed by atoms with Gasteiger partial charge < -0.3 is 28.4 Å². The second-order valence-corrected chi connectivity index (χ2v) is 7.45. The van der Waals surface area contributed by atoms with E-state index in [0.29, 0.717) is 10.6 Å². The lowest BCUT2D eigenvalue weighted by Crippen LogP contribution is -2.67. The summed E-state index contributed by atoms with van der Waals surface area (Å²) >= 11 is 6.00. The number of carbonyl (C=O) groups is 4. The van der Waals surface area contributed by atoms with Crippen molar-refractivity contribution in [1.82, 2.24) is 0 Å². The van der Waals surface area contributed by atoms with Gasteiger partial charge in [-0.2, -0.15) is 0 Å². The standard InChI is InChI=1S/C21H25ClO10/c1-11(23)28-10-17-18(29-12(2)24)19(30-13(3)25)20(31-14(4)26)21(27-5,32-17)15-6-8-16(22)9-7-15/h6-9,17-20H,10H2,1-5H3/t17-,18-,19+,20-,21+/m1/s1. The highest BCUT2D eigenvalue weighted by Crippen LogP contribution is 2.43. The zero-order valence-corrected chi connectivity index (χ0v) is 19.0. The fourth-order valence-electron chi connectivity index (χ4n) is 3.46. The summed E-state index contributed by atoms with van der Waals surface area (Å²) in [6.07, 6.45) is -5.18. The van der Waals surface area contributed by atoms with Gasteiger partial charge in [-0.15, -0.1) is 0 Å². The van der Waals surface area contributed by atoms with E-state index in [0.717, 1.165) is 20.8 Å². The highest BCUT2D eigenvalue weighted by Gasteiger charge is 2.61. The minimum absolute atomic E-state index is 0.363. The van der Waals surface area contributed by atoms with Crippen molar-refractivity contribution in [3.8, 4) is 0 Å². The van der Waals surface area contributed by atoms with Gasteiger partial charge in [-0.05, 0) is 12.1 Å². The molecule has 0 saturated carbocycles. The van der Waals surface area contributed by atoms with Gasteiger partial charge in [0.15, 0.2) is 12.2 Å². The van der Waals surface area contributed by atoms with Crippen LogP contribution >= 0.6 is 11.6 Å². The average molecular weight is 473 g/mol. The Labute approximate surface area is 190 Å². The minimum atomic E-state index is -1.82. The van der Waals surface area contributed by atoms with Gasteiger partial charge in [0.2, 0.25) is 11.9 Å². The molecule has 0 amide bonds. The fourth-order valence-corrected chi connectivity index (χ4v) is 3.59. The van der Waals surface area contributed by atoms with Crippen molar-refractivity contribution >= 4 is 35.5 Å². The topological polar surface area (TPSA) is 124 Å². The SMILES string of the molecule is CO[C@@]1(c2ccc(Cl)cc2)O[C@H](COC(C)=O)[C@@H](OC(C)=O)[C@H](OC(C)=O)[C@H]1OC(C)=O. The van der Waals surface area contributed by atoms with Crippen molar-refractivity contribution in [2.24, 2.45) is 0 Å². The van der Waals surface area contributed by atoms with Crippen LogP contribution in [0, 0.1) is 0 Å². The largest absolute Gasteiger partial charge is 0.463 e. The van der Waals surface area contributed by atoms with E-state index in [4.69, 9.17) is 40.0 Å². The van der Waals surface area contributed by atoms with E-state index in [9.17, 15) is 19.2 Å². The Morgan fingerprint density at radius 2 is 1.41 bits per heavy atom. The van der Waals surface area contributed by atoms with Gasteiger partial charge in [-0.25, -0.2) is 0 Å². The van der Waals surface area contributed by atoms with E-state index in [-0.39, 0.29) is 6.61 Å². The van der Waals surface area contributed by atoms with Gasteiger partial charge in [-0.1, -0.05) is 23.7 Å². The van der Waals surface area contributed by atoms with Crippen molar-refractivity contribution in [2.75, 3.05) is 13.7 Å². The Morgan fingerprint density at radius 3 is 1.88 bits per heavy atom. The molecule has 32 heavy (non-hydrogen) atoms. The average Bonchev–Trinajstić information content (AvgIpc) is 2.69. The lowest BCUT2D eigenvalue weighted by Gasteiger charge is -2.50. The Balaban J connectivity index is 2.68. The first kappa shape index (κ1) is 25.6. The van der Waals surface area contributed by atoms with Crippen LogP contribution in [0.3, 0.4) is 0 Å². The molecule has 0 radical (unpaired) electrons. The van der Waals surface area contributed by atoms with E-state index < -0.39 is 54.1 Å². The van der Waals surface area contributed by atoms with Crippen LogP contribution in [0.25, 0.3) is 0 Å². The van der Waals surface area contributed by atoms with Crippen LogP contribution in [0.4, 0.5) is 0 Å². The molecule has 2 rings (SSSR count). The third-order valence-corrected chi connectivity index (χ3v) is 4.84. The second kappa shape index (κ2) is 10.8. The maximum Gasteiger partial charge on any atom is 0.303 e. The molecule has 0 aliphatic carbocycles. The van der Waals surface area contributed by atoms with Crippen LogP contribution in [0.1, 0.15) is 33.3 Å². The lowest BCUT2D eigenvalue weighted by atomic mass is 9.87. The molecule has 0 bridgehead atoms. The molecule has 10 nitrogen and oxygen atoms in total. The maximum atomic E-state index is 12.0. The minimum Gasteiger partial charge on any atom is -0.463 e. The predicted octanol–water partition coefficient (Wildman–Crippen LogP) is 1.90. The number of benzene rings is 1. The first-order valence-corrected chi connectivity index (χ1v) is 10.0. The number of halogens is 1. The fraction of sp³-hybridized carbons (Fsp3) is 0.524. The molecular formula is C21H25ClO10. The van der Waals surface area contributed by atoms with Gasteiger partial charge in [0, 0.05) is 45.4 Å². The van der Waals surface area contributed by atoms with Crippen molar-refractivity contribution in [3.05, 3.63) is 34.9 Å². The van der Waals surface area contributed by atoms with Crippen LogP contribution in [0.5, 0.6) is 0 Å². The van der Waals surface area contributed by atoms with Gasteiger partial charge in [-0.3, -0.25) is 19.2 Å². The number of rotatable bonds is 7. The summed E-state index contributed by atoms with van der Waals surface area (Å²) in [5.74, 6) is -4.63. The molecule has 1 aliphatic heterocycles. The number of hydrogen-bond acceptors (Lipinski definition) is 10. The Kier molecular flexibility index (Phi) is 8.59. The molecule has 1 aromatic rings. The first-order valence-electron chi connectivity index (χ1n) is 9.64. The zero-order valence-electron chi connectivity index (χ0n) is 18.3. The molecule has 1 heterocycles. The monoisotopic (exact) mass is 472 g/mol. The van der Waals surface area contributed by atoms with Gasteiger partial charge >= 0.3 is 23.9 Å². The highest BCUT2D eigenvalue weighted by molar-refractivity contribution is 6.30. The Bertz CT molecular complexity index is 855. The van der Waals surface area contributed by atoms with Crippen LogP contribution in [0.15, 0.2) is 24.3 Å². The van der Waals surface area contributed by atoms with E-state index in [1.165, 1.54) is 14.0 Å². The maximum absolute atomic E-state index is 12.0. The zero-order chi connectivity index (χ0) is 24.1. The number of hydrogen-bond donors (Lipinski definition) is 0. The van der Waals surface area contributed by atoms with Crippen molar-refractivity contribution in [2.45, 2.75) is 57.9 Å². The summed E-state index contributed by atoms with van der Waals surface area (Å²) in [5.41, 5.74) is 0.363. The lowest BCUT2D eigenvalue weighted by molar-refractivity contribution is -0.367. The second-order valence-electron chi connectivity index (χ2n) is 7.02. The van der Waals surface area contributed by atoms with E-state index in [1.54, 1.807) is 24.3 Å². The van der Waals surface area contributed by atoms with Gasteiger partial charge in [0.25, 0.3) is 0 Å².